The maximum absolute atomic E-state index is 11.7. The summed E-state index contributed by atoms with van der Waals surface area (Å²) in [6, 6.07) is 7.81. The number of H-pyrrole nitrogens is 1. The number of fused-ring (bicyclic) bond motifs is 1. The van der Waals surface area contributed by atoms with E-state index in [0.29, 0.717) is 41.4 Å². The van der Waals surface area contributed by atoms with Crippen molar-refractivity contribution in [2.75, 3.05) is 24.7 Å². The van der Waals surface area contributed by atoms with Gasteiger partial charge >= 0.3 is 5.76 Å². The van der Waals surface area contributed by atoms with Crippen LogP contribution in [0.1, 0.15) is 46.5 Å². The second kappa shape index (κ2) is 10.7. The zero-order valence-corrected chi connectivity index (χ0v) is 23.3. The van der Waals surface area contributed by atoms with E-state index >= 15 is 0 Å². The molecule has 4 heterocycles. The third-order valence-corrected chi connectivity index (χ3v) is 8.34. The molecule has 10 nitrogen and oxygen atoms in total. The molecule has 1 atom stereocenters. The Hall–Kier alpha value is -3.24. The van der Waals surface area contributed by atoms with Gasteiger partial charge in [0.05, 0.1) is 19.3 Å². The number of anilines is 1. The first-order valence-electron chi connectivity index (χ1n) is 13.8. The van der Waals surface area contributed by atoms with Gasteiger partial charge in [-0.3, -0.25) is 9.51 Å². The number of rotatable bonds is 6. The van der Waals surface area contributed by atoms with E-state index in [4.69, 9.17) is 35.8 Å². The molecule has 11 heteroatoms. The molecule has 6 rings (SSSR count). The number of morpholine rings is 1. The average Bonchev–Trinajstić information content (AvgIpc) is 3.53. The van der Waals surface area contributed by atoms with Gasteiger partial charge in [0.2, 0.25) is 17.6 Å². The molecule has 0 radical (unpaired) electrons. The van der Waals surface area contributed by atoms with E-state index in [9.17, 15) is 4.79 Å². The van der Waals surface area contributed by atoms with Crippen molar-refractivity contribution in [2.45, 2.75) is 59.0 Å². The zero-order valence-electron chi connectivity index (χ0n) is 22.6. The highest BCUT2D eigenvalue weighted by atomic mass is 35.5. The lowest BCUT2D eigenvalue weighted by molar-refractivity contribution is 0.0792. The Labute approximate surface area is 231 Å². The van der Waals surface area contributed by atoms with E-state index in [-0.39, 0.29) is 17.7 Å². The molecule has 4 aromatic rings. The molecule has 1 saturated heterocycles. The van der Waals surface area contributed by atoms with Crippen LogP contribution in [0.3, 0.4) is 0 Å². The van der Waals surface area contributed by atoms with Gasteiger partial charge in [-0.05, 0) is 42.7 Å². The molecule has 1 saturated carbocycles. The second-order valence-electron chi connectivity index (χ2n) is 11.3. The summed E-state index contributed by atoms with van der Waals surface area (Å²) < 4.78 is 13.0. The van der Waals surface area contributed by atoms with Crippen molar-refractivity contribution in [3.63, 3.8) is 0 Å². The summed E-state index contributed by atoms with van der Waals surface area (Å²) in [7, 11) is 0. The molecule has 3 aromatic heterocycles. The van der Waals surface area contributed by atoms with Gasteiger partial charge < -0.3 is 14.2 Å². The monoisotopic (exact) mass is 551 g/mol. The van der Waals surface area contributed by atoms with Crippen LogP contribution in [0.25, 0.3) is 34.1 Å². The van der Waals surface area contributed by atoms with Gasteiger partial charge in [-0.2, -0.15) is 4.98 Å². The fourth-order valence-electron chi connectivity index (χ4n) is 5.88. The fourth-order valence-corrected chi connectivity index (χ4v) is 6.07. The SMILES string of the molecule is CC(C)[C@@H]1COCCN1c1nc2nc(-c3noc(=O)[nH]3)nc(-c3cccc(Cl)c3)c2n1C[C@H]1CC[C@H](C)CC1. The molecule has 1 aliphatic carbocycles. The van der Waals surface area contributed by atoms with Gasteiger partial charge in [0.15, 0.2) is 5.65 Å². The maximum Gasteiger partial charge on any atom is 0.439 e. The quantitative estimate of drug-likeness (QED) is 0.348. The minimum atomic E-state index is -0.663. The molecule has 0 bridgehead atoms. The van der Waals surface area contributed by atoms with Crippen LogP contribution in [-0.2, 0) is 11.3 Å². The van der Waals surface area contributed by atoms with E-state index in [1.54, 1.807) is 0 Å². The third kappa shape index (κ3) is 5.19. The molecule has 0 amide bonds. The summed E-state index contributed by atoms with van der Waals surface area (Å²) in [5.41, 5.74) is 2.94. The van der Waals surface area contributed by atoms with Crippen LogP contribution < -0.4 is 10.7 Å². The standard InChI is InChI=1S/C28H34ClN7O3/c1-16(2)21-15-38-12-11-35(21)27-32-24-23(36(27)14-18-9-7-17(3)8-10-18)22(19-5-4-6-20(29)13-19)30-25(31-24)26-33-28(37)39-34-26/h4-6,13,16-18,21H,7-12,14-15H2,1-3H3,(H,33,34,37)/t17-,18-,21-/m0/s1. The minimum absolute atomic E-state index is 0.161. The van der Waals surface area contributed by atoms with Crippen LogP contribution in [0, 0.1) is 17.8 Å². The number of imidazole rings is 1. The van der Waals surface area contributed by atoms with Gasteiger partial charge in [0, 0.05) is 23.7 Å². The summed E-state index contributed by atoms with van der Waals surface area (Å²) in [6.07, 6.45) is 4.84. The van der Waals surface area contributed by atoms with Gasteiger partial charge in [-0.15, -0.1) is 0 Å². The maximum atomic E-state index is 11.7. The molecule has 206 valence electrons. The molecule has 1 aromatic carbocycles. The Morgan fingerprint density at radius 1 is 1.15 bits per heavy atom. The Balaban J connectivity index is 1.58. The lowest BCUT2D eigenvalue weighted by Crippen LogP contribution is -2.49. The predicted octanol–water partition coefficient (Wildman–Crippen LogP) is 5.18. The summed E-state index contributed by atoms with van der Waals surface area (Å²) >= 11 is 6.43. The van der Waals surface area contributed by atoms with E-state index in [1.165, 1.54) is 25.7 Å². The minimum Gasteiger partial charge on any atom is -0.377 e. The normalized spacial score (nSPS) is 22.2. The van der Waals surface area contributed by atoms with Crippen LogP contribution >= 0.6 is 11.6 Å². The Bertz CT molecular complexity index is 1520. The number of aromatic nitrogens is 6. The lowest BCUT2D eigenvalue weighted by Gasteiger charge is -2.39. The molecule has 2 aliphatic rings. The summed E-state index contributed by atoms with van der Waals surface area (Å²) in [5, 5.41) is 4.45. The van der Waals surface area contributed by atoms with E-state index in [0.717, 1.165) is 36.0 Å². The summed E-state index contributed by atoms with van der Waals surface area (Å²) in [6.45, 7) is 9.66. The molecule has 0 spiro atoms. The molecular weight excluding hydrogens is 518 g/mol. The van der Waals surface area contributed by atoms with Gasteiger partial charge in [0.25, 0.3) is 0 Å². The first kappa shape index (κ1) is 26.0. The highest BCUT2D eigenvalue weighted by Gasteiger charge is 2.33. The van der Waals surface area contributed by atoms with Crippen LogP contribution in [0.15, 0.2) is 33.6 Å². The molecule has 2 fully saturated rings. The van der Waals surface area contributed by atoms with Crippen molar-refractivity contribution in [1.29, 1.82) is 0 Å². The van der Waals surface area contributed by atoms with Gasteiger partial charge in [-0.1, -0.05) is 62.5 Å². The number of nitrogens with one attached hydrogen (secondary N) is 1. The summed E-state index contributed by atoms with van der Waals surface area (Å²) in [4.78, 5) is 31.5. The largest absolute Gasteiger partial charge is 0.439 e. The van der Waals surface area contributed by atoms with Crippen LogP contribution in [0.5, 0.6) is 0 Å². The molecule has 1 aliphatic heterocycles. The fraction of sp³-hybridized carbons (Fsp3) is 0.536. The summed E-state index contributed by atoms with van der Waals surface area (Å²) in [5.74, 6) is 2.31. The number of ether oxygens (including phenoxy) is 1. The lowest BCUT2D eigenvalue weighted by atomic mass is 9.83. The van der Waals surface area contributed by atoms with Crippen LogP contribution in [0.4, 0.5) is 5.95 Å². The number of hydrogen-bond acceptors (Lipinski definition) is 8. The van der Waals surface area contributed by atoms with Gasteiger partial charge in [-0.25, -0.2) is 14.8 Å². The Morgan fingerprint density at radius 3 is 2.69 bits per heavy atom. The number of benzene rings is 1. The number of halogens is 1. The predicted molar refractivity (Wildman–Crippen MR) is 150 cm³/mol. The molecule has 1 N–H and O–H groups in total. The Morgan fingerprint density at radius 2 is 1.97 bits per heavy atom. The number of nitrogens with zero attached hydrogens (tertiary/aromatic N) is 6. The number of hydrogen-bond donors (Lipinski definition) is 1. The van der Waals surface area contributed by atoms with Crippen molar-refractivity contribution < 1.29 is 9.26 Å². The molecule has 0 unspecified atom stereocenters. The highest BCUT2D eigenvalue weighted by Crippen LogP contribution is 2.37. The molecular formula is C28H34ClN7O3. The van der Waals surface area contributed by atoms with E-state index in [1.807, 2.05) is 24.3 Å². The van der Waals surface area contributed by atoms with Crippen molar-refractivity contribution in [3.8, 4) is 22.9 Å². The zero-order chi connectivity index (χ0) is 27.1. The van der Waals surface area contributed by atoms with Crippen molar-refractivity contribution >= 4 is 28.7 Å². The van der Waals surface area contributed by atoms with Crippen molar-refractivity contribution in [1.82, 2.24) is 29.7 Å². The van der Waals surface area contributed by atoms with E-state index in [2.05, 4.69) is 40.4 Å². The smallest absolute Gasteiger partial charge is 0.377 e. The number of aromatic amines is 1. The third-order valence-electron chi connectivity index (χ3n) is 8.10. The van der Waals surface area contributed by atoms with Crippen molar-refractivity contribution in [3.05, 3.63) is 39.8 Å². The Kier molecular flexibility index (Phi) is 7.16. The van der Waals surface area contributed by atoms with Crippen LogP contribution in [0.2, 0.25) is 5.02 Å². The average molecular weight is 552 g/mol. The second-order valence-corrected chi connectivity index (χ2v) is 11.7. The topological polar surface area (TPSA) is 115 Å². The first-order valence-corrected chi connectivity index (χ1v) is 14.2. The van der Waals surface area contributed by atoms with Crippen LogP contribution in [-0.4, -0.2) is 55.5 Å². The van der Waals surface area contributed by atoms with Gasteiger partial charge in [0.1, 0.15) is 11.2 Å². The van der Waals surface area contributed by atoms with E-state index < -0.39 is 5.76 Å². The van der Waals surface area contributed by atoms with Crippen molar-refractivity contribution in [2.24, 2.45) is 17.8 Å². The first-order chi connectivity index (χ1) is 18.9. The molecule has 39 heavy (non-hydrogen) atoms. The highest BCUT2D eigenvalue weighted by molar-refractivity contribution is 6.30.